The number of aryl methyl sites for hydroxylation is 2. The SMILES string of the molecule is CCOC(=O)C1=C(O)/C(=C/c2cn(CCOc3ccccc3C)c3ccc(Br)cc23)SC1=Nc1ccc(C)cc1. The molecule has 5 rings (SSSR count). The van der Waals surface area contributed by atoms with Crippen molar-refractivity contribution in [2.24, 2.45) is 4.99 Å². The summed E-state index contributed by atoms with van der Waals surface area (Å²) in [6, 6.07) is 21.8. The third-order valence-corrected chi connectivity index (χ3v) is 7.99. The average Bonchev–Trinajstić information content (AvgIpc) is 3.42. The van der Waals surface area contributed by atoms with E-state index in [9.17, 15) is 9.90 Å². The Morgan fingerprint density at radius 2 is 1.88 bits per heavy atom. The lowest BCUT2D eigenvalue weighted by Gasteiger charge is -2.10. The van der Waals surface area contributed by atoms with Crippen molar-refractivity contribution in [1.29, 1.82) is 0 Å². The van der Waals surface area contributed by atoms with Gasteiger partial charge in [-0.05, 0) is 68.8 Å². The van der Waals surface area contributed by atoms with E-state index in [1.807, 2.05) is 86.8 Å². The highest BCUT2D eigenvalue weighted by Gasteiger charge is 2.33. The minimum absolute atomic E-state index is 0.0789. The lowest BCUT2D eigenvalue weighted by atomic mass is 10.1. The first-order chi connectivity index (χ1) is 19.3. The van der Waals surface area contributed by atoms with Crippen molar-refractivity contribution in [3.8, 4) is 5.75 Å². The molecule has 40 heavy (non-hydrogen) atoms. The Labute approximate surface area is 246 Å². The highest BCUT2D eigenvalue weighted by atomic mass is 79.9. The summed E-state index contributed by atoms with van der Waals surface area (Å²) < 4.78 is 14.4. The number of carbonyl (C=O) groups excluding carboxylic acids is 1. The van der Waals surface area contributed by atoms with Crippen LogP contribution in [0.3, 0.4) is 0 Å². The molecule has 0 saturated heterocycles. The van der Waals surface area contributed by atoms with Crippen LogP contribution in [0, 0.1) is 13.8 Å². The fourth-order valence-corrected chi connectivity index (χ4v) is 5.83. The number of aliphatic imine (C=N–C) groups is 1. The van der Waals surface area contributed by atoms with E-state index in [0.29, 0.717) is 28.8 Å². The van der Waals surface area contributed by atoms with Crippen LogP contribution < -0.4 is 4.74 Å². The second-order valence-electron chi connectivity index (χ2n) is 9.36. The molecule has 1 aromatic heterocycles. The summed E-state index contributed by atoms with van der Waals surface area (Å²) in [7, 11) is 0. The molecule has 1 aliphatic rings. The Kier molecular flexibility index (Phi) is 8.47. The Balaban J connectivity index is 1.50. The molecule has 0 bridgehead atoms. The van der Waals surface area contributed by atoms with Gasteiger partial charge < -0.3 is 19.1 Å². The Bertz CT molecular complexity index is 1670. The van der Waals surface area contributed by atoms with E-state index in [2.05, 4.69) is 31.6 Å². The molecular formula is C32H29BrN2O4S. The van der Waals surface area contributed by atoms with Crippen LogP contribution in [-0.2, 0) is 16.1 Å². The van der Waals surface area contributed by atoms with Crippen molar-refractivity contribution in [2.45, 2.75) is 27.3 Å². The fourth-order valence-electron chi connectivity index (χ4n) is 4.44. The van der Waals surface area contributed by atoms with Gasteiger partial charge in [-0.2, -0.15) is 0 Å². The first kappa shape index (κ1) is 27.8. The Morgan fingerprint density at radius 3 is 2.62 bits per heavy atom. The quantitative estimate of drug-likeness (QED) is 0.202. The zero-order valence-corrected chi connectivity index (χ0v) is 24.9. The number of aliphatic hydroxyl groups is 1. The second-order valence-corrected chi connectivity index (χ2v) is 11.3. The molecule has 0 spiro atoms. The summed E-state index contributed by atoms with van der Waals surface area (Å²) in [5, 5.41) is 12.6. The molecule has 8 heteroatoms. The maximum atomic E-state index is 12.8. The van der Waals surface area contributed by atoms with Gasteiger partial charge in [0.2, 0.25) is 0 Å². The van der Waals surface area contributed by atoms with Gasteiger partial charge in [-0.3, -0.25) is 0 Å². The minimum Gasteiger partial charge on any atom is -0.506 e. The Morgan fingerprint density at radius 1 is 1.10 bits per heavy atom. The molecule has 1 N–H and O–H groups in total. The number of benzene rings is 3. The van der Waals surface area contributed by atoms with Crippen molar-refractivity contribution in [1.82, 2.24) is 4.57 Å². The zero-order chi connectivity index (χ0) is 28.2. The number of halogens is 1. The summed E-state index contributed by atoms with van der Waals surface area (Å²) in [4.78, 5) is 18.0. The highest BCUT2D eigenvalue weighted by Crippen LogP contribution is 2.41. The Hall–Kier alpha value is -3.75. The average molecular weight is 618 g/mol. The molecule has 2 heterocycles. The number of hydrogen-bond donors (Lipinski definition) is 1. The van der Waals surface area contributed by atoms with Crippen LogP contribution in [0.4, 0.5) is 5.69 Å². The van der Waals surface area contributed by atoms with Crippen LogP contribution in [0.15, 0.2) is 98.6 Å². The van der Waals surface area contributed by atoms with Crippen LogP contribution in [0.5, 0.6) is 5.75 Å². The van der Waals surface area contributed by atoms with Gasteiger partial charge in [0.05, 0.1) is 23.7 Å². The van der Waals surface area contributed by atoms with Gasteiger partial charge in [0, 0.05) is 27.1 Å². The summed E-state index contributed by atoms with van der Waals surface area (Å²) >= 11 is 4.84. The number of ether oxygens (including phenoxy) is 2. The molecule has 0 atom stereocenters. The van der Waals surface area contributed by atoms with E-state index >= 15 is 0 Å². The van der Waals surface area contributed by atoms with E-state index in [-0.39, 0.29) is 17.9 Å². The number of thioether (sulfide) groups is 1. The van der Waals surface area contributed by atoms with Gasteiger partial charge in [0.15, 0.2) is 0 Å². The first-order valence-corrected chi connectivity index (χ1v) is 14.6. The summed E-state index contributed by atoms with van der Waals surface area (Å²) in [5.41, 5.74) is 4.91. The van der Waals surface area contributed by atoms with Crippen LogP contribution in [0.25, 0.3) is 17.0 Å². The van der Waals surface area contributed by atoms with E-state index < -0.39 is 5.97 Å². The fraction of sp³-hybridized carbons (Fsp3) is 0.188. The molecule has 4 aromatic rings. The number of para-hydroxylation sites is 1. The van der Waals surface area contributed by atoms with Gasteiger partial charge in [0.25, 0.3) is 0 Å². The maximum absolute atomic E-state index is 12.8. The van der Waals surface area contributed by atoms with Gasteiger partial charge in [-0.1, -0.05) is 63.6 Å². The van der Waals surface area contributed by atoms with E-state index in [1.54, 1.807) is 6.92 Å². The molecule has 0 radical (unpaired) electrons. The number of aromatic nitrogens is 1. The summed E-state index contributed by atoms with van der Waals surface area (Å²) in [6.07, 6.45) is 3.93. The number of nitrogens with zero attached hydrogens (tertiary/aromatic N) is 2. The van der Waals surface area contributed by atoms with Gasteiger partial charge >= 0.3 is 5.97 Å². The molecule has 0 amide bonds. The number of rotatable bonds is 8. The third-order valence-electron chi connectivity index (χ3n) is 6.48. The molecule has 6 nitrogen and oxygen atoms in total. The smallest absolute Gasteiger partial charge is 0.344 e. The molecule has 1 aliphatic heterocycles. The summed E-state index contributed by atoms with van der Waals surface area (Å²) in [5.74, 6) is 0.140. The molecule has 204 valence electrons. The van der Waals surface area contributed by atoms with Gasteiger partial charge in [0.1, 0.15) is 28.7 Å². The van der Waals surface area contributed by atoms with Crippen molar-refractivity contribution in [2.75, 3.05) is 13.2 Å². The van der Waals surface area contributed by atoms with Crippen molar-refractivity contribution >= 4 is 61.4 Å². The van der Waals surface area contributed by atoms with Crippen LogP contribution >= 0.6 is 27.7 Å². The van der Waals surface area contributed by atoms with Crippen LogP contribution in [0.2, 0.25) is 0 Å². The van der Waals surface area contributed by atoms with Crippen molar-refractivity contribution in [3.05, 3.63) is 110 Å². The van der Waals surface area contributed by atoms with Crippen LogP contribution in [0.1, 0.15) is 23.6 Å². The number of esters is 1. The third kappa shape index (κ3) is 6.03. The maximum Gasteiger partial charge on any atom is 0.344 e. The normalized spacial score (nSPS) is 15.4. The number of aliphatic hydroxyl groups excluding tert-OH is 1. The van der Waals surface area contributed by atoms with E-state index in [0.717, 1.165) is 37.8 Å². The monoisotopic (exact) mass is 616 g/mol. The minimum atomic E-state index is -0.597. The van der Waals surface area contributed by atoms with Crippen molar-refractivity contribution in [3.63, 3.8) is 0 Å². The molecule has 0 aliphatic carbocycles. The predicted molar refractivity (Wildman–Crippen MR) is 166 cm³/mol. The molecule has 0 fully saturated rings. The molecular weight excluding hydrogens is 588 g/mol. The van der Waals surface area contributed by atoms with Gasteiger partial charge in [-0.15, -0.1) is 0 Å². The zero-order valence-electron chi connectivity index (χ0n) is 22.5. The number of carbonyl (C=O) groups is 1. The highest BCUT2D eigenvalue weighted by molar-refractivity contribution is 9.10. The largest absolute Gasteiger partial charge is 0.506 e. The van der Waals surface area contributed by atoms with E-state index in [4.69, 9.17) is 9.47 Å². The molecule has 0 saturated carbocycles. The number of fused-ring (bicyclic) bond motifs is 1. The lowest BCUT2D eigenvalue weighted by Crippen LogP contribution is -2.12. The van der Waals surface area contributed by atoms with E-state index in [1.165, 1.54) is 11.8 Å². The lowest BCUT2D eigenvalue weighted by molar-refractivity contribution is -0.138. The standard InChI is InChI=1S/C32H29BrN2O4S/c1-4-38-32(37)29-30(36)28(40-31(29)34-24-12-9-20(2)10-13-24)17-22-19-35(26-14-11-23(33)18-25(22)26)15-16-39-27-8-6-5-7-21(27)3/h5-14,17-19,36H,4,15-16H2,1-3H3/b28-17-,34-31?. The second kappa shape index (κ2) is 12.2. The topological polar surface area (TPSA) is 73.0 Å². The van der Waals surface area contributed by atoms with Gasteiger partial charge in [-0.25, -0.2) is 9.79 Å². The van der Waals surface area contributed by atoms with Crippen molar-refractivity contribution < 1.29 is 19.4 Å². The first-order valence-electron chi connectivity index (χ1n) is 13.0. The molecule has 3 aromatic carbocycles. The number of hydrogen-bond acceptors (Lipinski definition) is 6. The summed E-state index contributed by atoms with van der Waals surface area (Å²) in [6.45, 7) is 7.10. The van der Waals surface area contributed by atoms with Crippen LogP contribution in [-0.4, -0.2) is 33.9 Å². The molecule has 0 unspecified atom stereocenters. The predicted octanol–water partition coefficient (Wildman–Crippen LogP) is 8.29.